The summed E-state index contributed by atoms with van der Waals surface area (Å²) < 4.78 is 5.33. The third-order valence-electron chi connectivity index (χ3n) is 2.29. The fourth-order valence-corrected chi connectivity index (χ4v) is 1.07. The molecule has 1 aromatic rings. The summed E-state index contributed by atoms with van der Waals surface area (Å²) in [5.41, 5.74) is -1.26. The van der Waals surface area contributed by atoms with Gasteiger partial charge >= 0.3 is 5.97 Å². The number of phenolic OH excluding ortho intramolecular Hbond substituents is 1. The van der Waals surface area contributed by atoms with E-state index >= 15 is 0 Å². The van der Waals surface area contributed by atoms with Crippen molar-refractivity contribution < 1.29 is 19.7 Å². The Hall–Kier alpha value is -1.71. The Kier molecular flexibility index (Phi) is 3.19. The lowest BCUT2D eigenvalue weighted by molar-refractivity contribution is -0.154. The number of rotatable bonds is 4. The maximum atomic E-state index is 11.0. The molecule has 82 valence electrons. The second-order valence-corrected chi connectivity index (χ2v) is 3.49. The van der Waals surface area contributed by atoms with Crippen LogP contribution in [-0.4, -0.2) is 21.8 Å². The number of hydrogen-bond donors (Lipinski definition) is 2. The predicted octanol–water partition coefficient (Wildman–Crippen LogP) is 2.02. The summed E-state index contributed by atoms with van der Waals surface area (Å²) >= 11 is 0. The lowest BCUT2D eigenvalue weighted by atomic mass is 10.0. The Morgan fingerprint density at radius 2 is 2.20 bits per heavy atom. The van der Waals surface area contributed by atoms with E-state index in [1.807, 2.05) is 0 Å². The summed E-state index contributed by atoms with van der Waals surface area (Å²) in [5, 5.41) is 18.2. The first-order valence-corrected chi connectivity index (χ1v) is 4.69. The van der Waals surface area contributed by atoms with Crippen LogP contribution in [0, 0.1) is 0 Å². The number of benzene rings is 1. The molecule has 0 amide bonds. The van der Waals surface area contributed by atoms with Crippen molar-refractivity contribution in [2.24, 2.45) is 0 Å². The van der Waals surface area contributed by atoms with Crippen LogP contribution < -0.4 is 4.74 Å². The number of carboxylic acid groups (broad SMARTS) is 1. The maximum Gasteiger partial charge on any atom is 0.347 e. The highest BCUT2D eigenvalue weighted by molar-refractivity contribution is 5.77. The van der Waals surface area contributed by atoms with Crippen molar-refractivity contribution in [1.82, 2.24) is 0 Å². The Bertz CT molecular complexity index is 361. The van der Waals surface area contributed by atoms with E-state index in [-0.39, 0.29) is 5.75 Å². The average molecular weight is 210 g/mol. The molecule has 0 aromatic heterocycles. The summed E-state index contributed by atoms with van der Waals surface area (Å²) in [6.45, 7) is 3.23. The van der Waals surface area contributed by atoms with E-state index < -0.39 is 11.6 Å². The first-order valence-electron chi connectivity index (χ1n) is 4.69. The van der Waals surface area contributed by atoms with Gasteiger partial charge < -0.3 is 14.9 Å². The van der Waals surface area contributed by atoms with Crippen molar-refractivity contribution in [1.29, 1.82) is 0 Å². The van der Waals surface area contributed by atoms with Gasteiger partial charge in [-0.05, 0) is 25.5 Å². The first-order chi connectivity index (χ1) is 6.98. The van der Waals surface area contributed by atoms with Crippen molar-refractivity contribution in [3.8, 4) is 11.5 Å². The van der Waals surface area contributed by atoms with Crippen LogP contribution in [0.2, 0.25) is 0 Å². The number of aliphatic carboxylic acids is 1. The molecule has 1 rings (SSSR count). The zero-order chi connectivity index (χ0) is 11.5. The summed E-state index contributed by atoms with van der Waals surface area (Å²) in [4.78, 5) is 11.0. The summed E-state index contributed by atoms with van der Waals surface area (Å²) in [5.74, 6) is -0.619. The van der Waals surface area contributed by atoms with Gasteiger partial charge in [0.2, 0.25) is 5.60 Å². The van der Waals surface area contributed by atoms with Crippen LogP contribution in [0.3, 0.4) is 0 Å². The maximum absolute atomic E-state index is 11.0. The molecular weight excluding hydrogens is 196 g/mol. The molecule has 0 saturated heterocycles. The molecule has 0 radical (unpaired) electrons. The quantitative estimate of drug-likeness (QED) is 0.797. The molecule has 0 aliphatic carbocycles. The molecular formula is C11H14O4. The van der Waals surface area contributed by atoms with Gasteiger partial charge in [0, 0.05) is 6.07 Å². The van der Waals surface area contributed by atoms with Crippen LogP contribution >= 0.6 is 0 Å². The van der Waals surface area contributed by atoms with Crippen LogP contribution in [0.5, 0.6) is 11.5 Å². The van der Waals surface area contributed by atoms with E-state index in [2.05, 4.69) is 0 Å². The largest absolute Gasteiger partial charge is 0.508 e. The Labute approximate surface area is 88.1 Å². The fourth-order valence-electron chi connectivity index (χ4n) is 1.07. The highest BCUT2D eigenvalue weighted by atomic mass is 16.5. The van der Waals surface area contributed by atoms with Crippen molar-refractivity contribution in [2.45, 2.75) is 25.9 Å². The van der Waals surface area contributed by atoms with Crippen LogP contribution in [0.1, 0.15) is 20.3 Å². The van der Waals surface area contributed by atoms with E-state index in [1.54, 1.807) is 19.1 Å². The topological polar surface area (TPSA) is 66.8 Å². The molecule has 0 aliphatic rings. The number of carbonyl (C=O) groups is 1. The molecule has 1 atom stereocenters. The van der Waals surface area contributed by atoms with Crippen LogP contribution in [0.4, 0.5) is 0 Å². The van der Waals surface area contributed by atoms with Crippen molar-refractivity contribution in [2.75, 3.05) is 0 Å². The van der Waals surface area contributed by atoms with E-state index in [0.29, 0.717) is 12.2 Å². The van der Waals surface area contributed by atoms with Gasteiger partial charge in [-0.25, -0.2) is 4.79 Å². The third kappa shape index (κ3) is 2.62. The molecule has 2 N–H and O–H groups in total. The summed E-state index contributed by atoms with van der Waals surface area (Å²) in [7, 11) is 0. The van der Waals surface area contributed by atoms with Gasteiger partial charge in [-0.3, -0.25) is 0 Å². The second kappa shape index (κ2) is 4.21. The number of ether oxygens (including phenoxy) is 1. The summed E-state index contributed by atoms with van der Waals surface area (Å²) in [6.07, 6.45) is 0.345. The summed E-state index contributed by atoms with van der Waals surface area (Å²) in [6, 6.07) is 6.09. The number of phenols is 1. The van der Waals surface area contributed by atoms with Crippen LogP contribution in [0.25, 0.3) is 0 Å². The highest BCUT2D eigenvalue weighted by Crippen LogP contribution is 2.24. The fraction of sp³-hybridized carbons (Fsp3) is 0.364. The Balaban J connectivity index is 2.89. The van der Waals surface area contributed by atoms with E-state index in [9.17, 15) is 9.90 Å². The normalized spacial score (nSPS) is 14.3. The molecule has 0 spiro atoms. The van der Waals surface area contributed by atoms with Gasteiger partial charge in [-0.2, -0.15) is 0 Å². The molecule has 0 unspecified atom stereocenters. The SMILES string of the molecule is CC[C@](C)(Oc1cccc(O)c1)C(=O)O. The van der Waals surface area contributed by atoms with Crippen molar-refractivity contribution in [3.05, 3.63) is 24.3 Å². The smallest absolute Gasteiger partial charge is 0.347 e. The van der Waals surface area contributed by atoms with E-state index in [0.717, 1.165) is 0 Å². The molecule has 1 aromatic carbocycles. The Morgan fingerprint density at radius 3 is 2.67 bits per heavy atom. The number of carboxylic acids is 1. The highest BCUT2D eigenvalue weighted by Gasteiger charge is 2.33. The number of aromatic hydroxyl groups is 1. The van der Waals surface area contributed by atoms with Gasteiger partial charge in [-0.1, -0.05) is 13.0 Å². The Morgan fingerprint density at radius 1 is 1.53 bits per heavy atom. The van der Waals surface area contributed by atoms with Crippen molar-refractivity contribution >= 4 is 5.97 Å². The molecule has 0 saturated carbocycles. The van der Waals surface area contributed by atoms with Crippen LogP contribution in [0.15, 0.2) is 24.3 Å². The minimum absolute atomic E-state index is 0.0522. The zero-order valence-electron chi connectivity index (χ0n) is 8.73. The van der Waals surface area contributed by atoms with E-state index in [1.165, 1.54) is 19.1 Å². The monoisotopic (exact) mass is 210 g/mol. The van der Waals surface area contributed by atoms with E-state index in [4.69, 9.17) is 9.84 Å². The lowest BCUT2D eigenvalue weighted by Crippen LogP contribution is -2.40. The predicted molar refractivity (Wildman–Crippen MR) is 55.1 cm³/mol. The van der Waals surface area contributed by atoms with Crippen molar-refractivity contribution in [3.63, 3.8) is 0 Å². The molecule has 0 fully saturated rings. The molecule has 0 aliphatic heterocycles. The molecule has 4 nitrogen and oxygen atoms in total. The number of hydrogen-bond acceptors (Lipinski definition) is 3. The van der Waals surface area contributed by atoms with Crippen LogP contribution in [-0.2, 0) is 4.79 Å². The minimum Gasteiger partial charge on any atom is -0.508 e. The minimum atomic E-state index is -1.26. The van der Waals surface area contributed by atoms with Gasteiger partial charge in [-0.15, -0.1) is 0 Å². The van der Waals surface area contributed by atoms with Gasteiger partial charge in [0.25, 0.3) is 0 Å². The average Bonchev–Trinajstić information content (AvgIpc) is 2.17. The standard InChI is InChI=1S/C11H14O4/c1-3-11(2,10(13)14)15-9-6-4-5-8(12)7-9/h4-7,12H,3H2,1-2H3,(H,13,14)/t11-/m0/s1. The van der Waals surface area contributed by atoms with Gasteiger partial charge in [0.1, 0.15) is 11.5 Å². The lowest BCUT2D eigenvalue weighted by Gasteiger charge is -2.24. The third-order valence-corrected chi connectivity index (χ3v) is 2.29. The molecule has 0 heterocycles. The van der Waals surface area contributed by atoms with Gasteiger partial charge in [0.05, 0.1) is 0 Å². The van der Waals surface area contributed by atoms with Gasteiger partial charge in [0.15, 0.2) is 0 Å². The zero-order valence-corrected chi connectivity index (χ0v) is 8.73. The molecule has 0 bridgehead atoms. The molecule has 15 heavy (non-hydrogen) atoms. The first kappa shape index (κ1) is 11.4. The second-order valence-electron chi connectivity index (χ2n) is 3.49. The molecule has 4 heteroatoms.